The summed E-state index contributed by atoms with van der Waals surface area (Å²) < 4.78 is 0. The molecular formula is C16H12N6. The molecule has 0 fully saturated rings. The van der Waals surface area contributed by atoms with E-state index < -0.39 is 0 Å². The van der Waals surface area contributed by atoms with E-state index in [0.29, 0.717) is 18.2 Å². The number of rotatable bonds is 1. The maximum atomic E-state index is 8.96. The number of aromatic nitrogens is 4. The molecule has 0 aliphatic carbocycles. The Morgan fingerprint density at radius 1 is 1.14 bits per heavy atom. The van der Waals surface area contributed by atoms with Crippen LogP contribution < -0.4 is 4.90 Å². The van der Waals surface area contributed by atoms with Crippen LogP contribution in [0.2, 0.25) is 0 Å². The lowest BCUT2D eigenvalue weighted by Crippen LogP contribution is -2.32. The van der Waals surface area contributed by atoms with E-state index in [1.54, 1.807) is 18.5 Å². The van der Waals surface area contributed by atoms with E-state index in [1.165, 1.54) is 0 Å². The van der Waals surface area contributed by atoms with Crippen molar-refractivity contribution in [3.05, 3.63) is 53.6 Å². The zero-order valence-electron chi connectivity index (χ0n) is 11.8. The summed E-state index contributed by atoms with van der Waals surface area (Å²) in [6, 6.07) is 9.72. The summed E-state index contributed by atoms with van der Waals surface area (Å²) in [5.41, 5.74) is 3.42. The van der Waals surface area contributed by atoms with E-state index in [4.69, 9.17) is 5.26 Å². The van der Waals surface area contributed by atoms with Crippen molar-refractivity contribution >= 4 is 17.0 Å². The molecule has 22 heavy (non-hydrogen) atoms. The molecule has 4 heterocycles. The molecule has 0 unspecified atom stereocenters. The van der Waals surface area contributed by atoms with Crippen molar-refractivity contribution in [3.63, 3.8) is 0 Å². The third-order valence-corrected chi connectivity index (χ3v) is 3.78. The highest BCUT2D eigenvalue weighted by atomic mass is 15.3. The Labute approximate surface area is 127 Å². The number of fused-ring (bicyclic) bond motifs is 2. The van der Waals surface area contributed by atoms with Crippen LogP contribution in [0, 0.1) is 11.3 Å². The number of nitriles is 1. The summed E-state index contributed by atoms with van der Waals surface area (Å²) in [5, 5.41) is 10.00. The van der Waals surface area contributed by atoms with Gasteiger partial charge in [-0.25, -0.2) is 19.9 Å². The summed E-state index contributed by atoms with van der Waals surface area (Å²) in [7, 11) is 0. The van der Waals surface area contributed by atoms with Crippen LogP contribution in [-0.2, 0) is 13.0 Å². The molecule has 1 aliphatic heterocycles. The van der Waals surface area contributed by atoms with Gasteiger partial charge in [-0.3, -0.25) is 0 Å². The van der Waals surface area contributed by atoms with Gasteiger partial charge >= 0.3 is 0 Å². The first kappa shape index (κ1) is 12.7. The van der Waals surface area contributed by atoms with Gasteiger partial charge in [0.2, 0.25) is 5.95 Å². The van der Waals surface area contributed by atoms with E-state index in [0.717, 1.165) is 35.3 Å². The summed E-state index contributed by atoms with van der Waals surface area (Å²) in [5.74, 6) is 0.594. The number of pyridine rings is 2. The summed E-state index contributed by atoms with van der Waals surface area (Å²) in [6.45, 7) is 1.48. The average molecular weight is 288 g/mol. The molecule has 0 atom stereocenters. The fourth-order valence-corrected chi connectivity index (χ4v) is 2.70. The van der Waals surface area contributed by atoms with Gasteiger partial charge in [0, 0.05) is 43.0 Å². The summed E-state index contributed by atoms with van der Waals surface area (Å²) in [6.07, 6.45) is 4.21. The molecule has 0 spiro atoms. The number of nitrogens with zero attached hydrogens (tertiary/aromatic N) is 6. The van der Waals surface area contributed by atoms with Crippen LogP contribution in [-0.4, -0.2) is 26.5 Å². The van der Waals surface area contributed by atoms with Gasteiger partial charge in [0.05, 0.1) is 0 Å². The van der Waals surface area contributed by atoms with Crippen LogP contribution in [0.25, 0.3) is 11.0 Å². The Bertz CT molecular complexity index is 899. The normalized spacial score (nSPS) is 13.7. The summed E-state index contributed by atoms with van der Waals surface area (Å²) >= 11 is 0. The average Bonchev–Trinajstić information content (AvgIpc) is 2.59. The predicted octanol–water partition coefficient (Wildman–Crippen LogP) is 1.85. The van der Waals surface area contributed by atoms with Crippen molar-refractivity contribution in [2.45, 2.75) is 13.0 Å². The second-order valence-corrected chi connectivity index (χ2v) is 5.17. The lowest BCUT2D eigenvalue weighted by molar-refractivity contribution is 0.693. The molecule has 3 aromatic heterocycles. The van der Waals surface area contributed by atoms with Crippen LogP contribution in [0.5, 0.6) is 0 Å². The van der Waals surface area contributed by atoms with Crippen molar-refractivity contribution in [1.29, 1.82) is 5.26 Å². The molecule has 0 aromatic carbocycles. The van der Waals surface area contributed by atoms with Crippen LogP contribution in [0.15, 0.2) is 36.7 Å². The molecule has 6 heteroatoms. The van der Waals surface area contributed by atoms with Gasteiger partial charge in [0.1, 0.15) is 11.8 Å². The lowest BCUT2D eigenvalue weighted by atomic mass is 10.0. The molecule has 106 valence electrons. The number of hydrogen-bond donors (Lipinski definition) is 0. The van der Waals surface area contributed by atoms with Crippen molar-refractivity contribution < 1.29 is 0 Å². The van der Waals surface area contributed by atoms with Crippen LogP contribution >= 0.6 is 0 Å². The van der Waals surface area contributed by atoms with Gasteiger partial charge in [0.15, 0.2) is 5.65 Å². The molecule has 0 N–H and O–H groups in total. The minimum Gasteiger partial charge on any atom is -0.336 e. The van der Waals surface area contributed by atoms with Crippen LogP contribution in [0.3, 0.4) is 0 Å². The molecule has 4 rings (SSSR count). The van der Waals surface area contributed by atoms with Crippen molar-refractivity contribution in [2.24, 2.45) is 0 Å². The van der Waals surface area contributed by atoms with Gasteiger partial charge in [-0.1, -0.05) is 0 Å². The highest BCUT2D eigenvalue weighted by Crippen LogP contribution is 2.23. The van der Waals surface area contributed by atoms with Gasteiger partial charge < -0.3 is 4.90 Å². The highest BCUT2D eigenvalue weighted by molar-refractivity contribution is 5.75. The fourth-order valence-electron chi connectivity index (χ4n) is 2.70. The highest BCUT2D eigenvalue weighted by Gasteiger charge is 2.20. The first-order valence-corrected chi connectivity index (χ1v) is 7.05. The molecule has 3 aromatic rings. The lowest BCUT2D eigenvalue weighted by Gasteiger charge is -2.28. The first-order chi connectivity index (χ1) is 10.8. The molecule has 0 amide bonds. The molecule has 1 aliphatic rings. The maximum absolute atomic E-state index is 8.96. The zero-order chi connectivity index (χ0) is 14.9. The second kappa shape index (κ2) is 5.04. The smallest absolute Gasteiger partial charge is 0.226 e. The van der Waals surface area contributed by atoms with Crippen molar-refractivity contribution in [2.75, 3.05) is 11.4 Å². The molecule has 0 saturated heterocycles. The summed E-state index contributed by atoms with van der Waals surface area (Å²) in [4.78, 5) is 19.6. The van der Waals surface area contributed by atoms with Gasteiger partial charge in [-0.2, -0.15) is 5.26 Å². The number of anilines is 1. The Morgan fingerprint density at radius 3 is 3.00 bits per heavy atom. The molecule has 0 radical (unpaired) electrons. The zero-order valence-corrected chi connectivity index (χ0v) is 11.8. The Hall–Kier alpha value is -3.07. The van der Waals surface area contributed by atoms with Crippen LogP contribution in [0.1, 0.15) is 17.0 Å². The Kier molecular flexibility index (Phi) is 2.90. The van der Waals surface area contributed by atoms with Crippen molar-refractivity contribution in [3.8, 4) is 6.07 Å². The quantitative estimate of drug-likeness (QED) is 0.680. The van der Waals surface area contributed by atoms with E-state index in [9.17, 15) is 0 Å². The van der Waals surface area contributed by atoms with Crippen LogP contribution in [0.4, 0.5) is 5.95 Å². The third-order valence-electron chi connectivity index (χ3n) is 3.78. The largest absolute Gasteiger partial charge is 0.336 e. The topological polar surface area (TPSA) is 78.6 Å². The minimum absolute atomic E-state index is 0.386. The first-order valence-electron chi connectivity index (χ1n) is 7.05. The fraction of sp³-hybridized carbons (Fsp3) is 0.188. The van der Waals surface area contributed by atoms with E-state index in [1.807, 2.05) is 12.1 Å². The molecule has 0 saturated carbocycles. The minimum atomic E-state index is 0.386. The Morgan fingerprint density at radius 2 is 2.09 bits per heavy atom. The standard InChI is InChI=1S/C16H12N6/c17-9-13-3-6-19-16(20-13)22-7-4-14-12(10-22)8-11-2-1-5-18-15(11)21-14/h1-3,5-6,8H,4,7,10H2. The number of hydrogen-bond acceptors (Lipinski definition) is 6. The maximum Gasteiger partial charge on any atom is 0.226 e. The van der Waals surface area contributed by atoms with Crippen molar-refractivity contribution in [1.82, 2.24) is 19.9 Å². The van der Waals surface area contributed by atoms with E-state index >= 15 is 0 Å². The predicted molar refractivity (Wildman–Crippen MR) is 81.0 cm³/mol. The SMILES string of the molecule is N#Cc1ccnc(N2CCc3nc4ncccc4cc3C2)n1. The molecular weight excluding hydrogens is 276 g/mol. The monoisotopic (exact) mass is 288 g/mol. The van der Waals surface area contributed by atoms with E-state index in [2.05, 4.69) is 37.0 Å². The van der Waals surface area contributed by atoms with Gasteiger partial charge in [-0.05, 0) is 29.8 Å². The van der Waals surface area contributed by atoms with Gasteiger partial charge in [-0.15, -0.1) is 0 Å². The Balaban J connectivity index is 1.71. The van der Waals surface area contributed by atoms with E-state index in [-0.39, 0.29) is 0 Å². The third kappa shape index (κ3) is 2.13. The molecule has 6 nitrogen and oxygen atoms in total. The molecule has 0 bridgehead atoms. The second-order valence-electron chi connectivity index (χ2n) is 5.17. The van der Waals surface area contributed by atoms with Gasteiger partial charge in [0.25, 0.3) is 0 Å².